The molecule has 2 saturated heterocycles. The summed E-state index contributed by atoms with van der Waals surface area (Å²) in [7, 11) is 0. The topological polar surface area (TPSA) is 41.0 Å². The van der Waals surface area contributed by atoms with Gasteiger partial charge in [-0.15, -0.1) is 10.2 Å². The molecule has 0 spiro atoms. The molecule has 2 unspecified atom stereocenters. The minimum Gasteiger partial charge on any atom is -0.352 e. The van der Waals surface area contributed by atoms with Gasteiger partial charge in [0.2, 0.25) is 0 Å². The number of anilines is 1. The van der Waals surface area contributed by atoms with Crippen LogP contribution in [0.3, 0.4) is 0 Å². The average Bonchev–Trinajstić information content (AvgIpc) is 2.65. The van der Waals surface area contributed by atoms with E-state index in [1.807, 2.05) is 12.1 Å². The second-order valence-corrected chi connectivity index (χ2v) is 5.25. The van der Waals surface area contributed by atoms with E-state index in [0.717, 1.165) is 18.9 Å². The highest BCUT2D eigenvalue weighted by Crippen LogP contribution is 2.26. The van der Waals surface area contributed by atoms with Crippen LogP contribution >= 0.6 is 11.6 Å². The molecule has 2 aliphatic rings. The van der Waals surface area contributed by atoms with E-state index >= 15 is 0 Å². The van der Waals surface area contributed by atoms with Gasteiger partial charge >= 0.3 is 0 Å². The van der Waals surface area contributed by atoms with E-state index in [9.17, 15) is 0 Å². The van der Waals surface area contributed by atoms with Crippen LogP contribution < -0.4 is 10.2 Å². The van der Waals surface area contributed by atoms with Crippen molar-refractivity contribution in [2.45, 2.75) is 37.8 Å². The largest absolute Gasteiger partial charge is 0.352 e. The molecule has 5 heteroatoms. The summed E-state index contributed by atoms with van der Waals surface area (Å²) in [5.41, 5.74) is 0. The van der Waals surface area contributed by atoms with Crippen molar-refractivity contribution in [3.63, 3.8) is 0 Å². The van der Waals surface area contributed by atoms with Crippen molar-refractivity contribution >= 4 is 17.4 Å². The van der Waals surface area contributed by atoms with Crippen molar-refractivity contribution in [2.75, 3.05) is 18.0 Å². The average molecular weight is 253 g/mol. The third kappa shape index (κ3) is 2.38. The number of halogens is 1. The van der Waals surface area contributed by atoms with E-state index in [4.69, 9.17) is 11.6 Å². The molecule has 92 valence electrons. The SMILES string of the molecule is Clc1ccc(N2CCC3CCC2CCN3)nn1. The van der Waals surface area contributed by atoms with Crippen molar-refractivity contribution in [3.8, 4) is 0 Å². The van der Waals surface area contributed by atoms with Gasteiger partial charge in [-0.25, -0.2) is 0 Å². The Balaban J connectivity index is 1.84. The first kappa shape index (κ1) is 11.2. The van der Waals surface area contributed by atoms with Crippen LogP contribution in [0.5, 0.6) is 0 Å². The van der Waals surface area contributed by atoms with Gasteiger partial charge in [-0.2, -0.15) is 0 Å². The lowest BCUT2D eigenvalue weighted by Gasteiger charge is -2.31. The van der Waals surface area contributed by atoms with E-state index < -0.39 is 0 Å². The van der Waals surface area contributed by atoms with E-state index in [1.165, 1.54) is 25.7 Å². The molecule has 2 aliphatic heterocycles. The van der Waals surface area contributed by atoms with E-state index in [2.05, 4.69) is 20.4 Å². The maximum atomic E-state index is 5.79. The Labute approximate surface area is 106 Å². The zero-order valence-corrected chi connectivity index (χ0v) is 10.5. The molecule has 1 aromatic rings. The van der Waals surface area contributed by atoms with E-state index in [-0.39, 0.29) is 0 Å². The molecule has 2 atom stereocenters. The normalized spacial score (nSPS) is 28.9. The summed E-state index contributed by atoms with van der Waals surface area (Å²) < 4.78 is 0. The van der Waals surface area contributed by atoms with E-state index in [0.29, 0.717) is 17.2 Å². The van der Waals surface area contributed by atoms with Gasteiger partial charge in [0.1, 0.15) is 0 Å². The highest BCUT2D eigenvalue weighted by molar-refractivity contribution is 6.29. The number of nitrogens with one attached hydrogen (secondary N) is 1. The van der Waals surface area contributed by atoms with Crippen LogP contribution in [0.15, 0.2) is 12.1 Å². The molecule has 3 heterocycles. The highest BCUT2D eigenvalue weighted by atomic mass is 35.5. The third-order valence-electron chi connectivity index (χ3n) is 3.83. The fourth-order valence-electron chi connectivity index (χ4n) is 2.89. The third-order valence-corrected chi connectivity index (χ3v) is 4.03. The minimum atomic E-state index is 0.465. The maximum Gasteiger partial charge on any atom is 0.151 e. The fraction of sp³-hybridized carbons (Fsp3) is 0.667. The number of nitrogens with zero attached hydrogens (tertiary/aromatic N) is 3. The van der Waals surface area contributed by atoms with Crippen LogP contribution in [0, 0.1) is 0 Å². The lowest BCUT2D eigenvalue weighted by molar-refractivity contribution is 0.472. The Bertz CT molecular complexity index is 381. The number of hydrogen-bond donors (Lipinski definition) is 1. The molecule has 3 rings (SSSR count). The molecule has 2 bridgehead atoms. The Hall–Kier alpha value is -0.870. The van der Waals surface area contributed by atoms with E-state index in [1.54, 1.807) is 0 Å². The van der Waals surface area contributed by atoms with Gasteiger partial charge in [0.25, 0.3) is 0 Å². The fourth-order valence-corrected chi connectivity index (χ4v) is 2.99. The smallest absolute Gasteiger partial charge is 0.151 e. The number of hydrogen-bond acceptors (Lipinski definition) is 4. The number of fused-ring (bicyclic) bond motifs is 3. The van der Waals surface area contributed by atoms with Gasteiger partial charge < -0.3 is 10.2 Å². The summed E-state index contributed by atoms with van der Waals surface area (Å²) in [5.74, 6) is 0.974. The van der Waals surface area contributed by atoms with Gasteiger partial charge in [0.05, 0.1) is 0 Å². The molecule has 0 radical (unpaired) electrons. The molecule has 0 saturated carbocycles. The summed E-state index contributed by atoms with van der Waals surface area (Å²) in [6, 6.07) is 5.10. The first-order valence-electron chi connectivity index (χ1n) is 6.32. The molecule has 0 aliphatic carbocycles. The monoisotopic (exact) mass is 252 g/mol. The Morgan fingerprint density at radius 1 is 1.18 bits per heavy atom. The summed E-state index contributed by atoms with van der Waals surface area (Å²) in [6.45, 7) is 2.19. The first-order valence-corrected chi connectivity index (χ1v) is 6.70. The quantitative estimate of drug-likeness (QED) is 0.828. The predicted octanol–water partition coefficient (Wildman–Crippen LogP) is 1.85. The van der Waals surface area contributed by atoms with Gasteiger partial charge in [-0.3, -0.25) is 0 Å². The van der Waals surface area contributed by atoms with Crippen molar-refractivity contribution in [2.24, 2.45) is 0 Å². The van der Waals surface area contributed by atoms with Crippen LogP contribution in [0.1, 0.15) is 25.7 Å². The zero-order chi connectivity index (χ0) is 11.7. The standard InChI is InChI=1S/C12H17ClN4/c13-11-3-4-12(16-15-11)17-8-6-9-1-2-10(17)5-7-14-9/h3-4,9-10,14H,1-2,5-8H2. The van der Waals surface area contributed by atoms with Crippen molar-refractivity contribution < 1.29 is 0 Å². The number of rotatable bonds is 1. The second kappa shape index (κ2) is 4.78. The number of aromatic nitrogens is 2. The Morgan fingerprint density at radius 2 is 2.12 bits per heavy atom. The molecule has 0 aromatic carbocycles. The predicted molar refractivity (Wildman–Crippen MR) is 68.4 cm³/mol. The van der Waals surface area contributed by atoms with Gasteiger partial charge in [-0.05, 0) is 44.4 Å². The van der Waals surface area contributed by atoms with Crippen molar-refractivity contribution in [1.29, 1.82) is 0 Å². The van der Waals surface area contributed by atoms with Crippen molar-refractivity contribution in [1.82, 2.24) is 15.5 Å². The van der Waals surface area contributed by atoms with Crippen LogP contribution in [0.25, 0.3) is 0 Å². The minimum absolute atomic E-state index is 0.465. The van der Waals surface area contributed by atoms with Crippen LogP contribution in [-0.4, -0.2) is 35.4 Å². The lowest BCUT2D eigenvalue weighted by Crippen LogP contribution is -2.41. The molecule has 17 heavy (non-hydrogen) atoms. The molecule has 0 amide bonds. The highest BCUT2D eigenvalue weighted by Gasteiger charge is 2.28. The summed E-state index contributed by atoms with van der Waals surface area (Å²) >= 11 is 5.79. The second-order valence-electron chi connectivity index (χ2n) is 4.87. The van der Waals surface area contributed by atoms with Crippen LogP contribution in [0.2, 0.25) is 5.15 Å². The van der Waals surface area contributed by atoms with Gasteiger partial charge in [0.15, 0.2) is 11.0 Å². The van der Waals surface area contributed by atoms with Crippen molar-refractivity contribution in [3.05, 3.63) is 17.3 Å². The van der Waals surface area contributed by atoms with Gasteiger partial charge in [0, 0.05) is 18.6 Å². The van der Waals surface area contributed by atoms with Crippen LogP contribution in [-0.2, 0) is 0 Å². The van der Waals surface area contributed by atoms with Crippen LogP contribution in [0.4, 0.5) is 5.82 Å². The molecular weight excluding hydrogens is 236 g/mol. The zero-order valence-electron chi connectivity index (χ0n) is 9.77. The molecular formula is C12H17ClN4. The maximum absolute atomic E-state index is 5.79. The Morgan fingerprint density at radius 3 is 2.94 bits per heavy atom. The summed E-state index contributed by atoms with van der Waals surface area (Å²) in [6.07, 6.45) is 4.92. The molecule has 1 N–H and O–H groups in total. The van der Waals surface area contributed by atoms with Gasteiger partial charge in [-0.1, -0.05) is 11.6 Å². The molecule has 2 fully saturated rings. The summed E-state index contributed by atoms with van der Waals surface area (Å²) in [4.78, 5) is 2.41. The molecule has 4 nitrogen and oxygen atoms in total. The molecule has 1 aromatic heterocycles. The first-order chi connectivity index (χ1) is 8.33. The Kier molecular flexibility index (Phi) is 3.16. The summed E-state index contributed by atoms with van der Waals surface area (Å²) in [5, 5.41) is 12.2. The lowest BCUT2D eigenvalue weighted by atomic mass is 10.1.